The highest BCUT2D eigenvalue weighted by Crippen LogP contribution is 2.31. The lowest BCUT2D eigenvalue weighted by Gasteiger charge is -2.41. The van der Waals surface area contributed by atoms with Crippen LogP contribution in [0, 0.1) is 5.82 Å². The molecule has 0 bridgehead atoms. The van der Waals surface area contributed by atoms with Gasteiger partial charge in [0.2, 0.25) is 0 Å². The molecule has 0 saturated carbocycles. The van der Waals surface area contributed by atoms with Crippen molar-refractivity contribution >= 4 is 0 Å². The van der Waals surface area contributed by atoms with Crippen LogP contribution in [0.2, 0.25) is 0 Å². The third-order valence-electron chi connectivity index (χ3n) is 5.13. The molecule has 1 aromatic carbocycles. The molecule has 1 atom stereocenters. The molecule has 2 aliphatic heterocycles. The van der Waals surface area contributed by atoms with E-state index in [0.717, 1.165) is 38.4 Å². The van der Waals surface area contributed by atoms with Crippen molar-refractivity contribution in [1.82, 2.24) is 9.80 Å². The van der Waals surface area contributed by atoms with Crippen LogP contribution in [-0.4, -0.2) is 53.2 Å². The van der Waals surface area contributed by atoms with Gasteiger partial charge in [-0.2, -0.15) is 13.2 Å². The molecule has 3 rings (SSSR count). The van der Waals surface area contributed by atoms with E-state index in [2.05, 4.69) is 4.90 Å². The van der Waals surface area contributed by atoms with Crippen molar-refractivity contribution in [1.29, 1.82) is 0 Å². The summed E-state index contributed by atoms with van der Waals surface area (Å²) in [4.78, 5) is 4.19. The van der Waals surface area contributed by atoms with Crippen LogP contribution in [-0.2, 0) is 12.7 Å². The van der Waals surface area contributed by atoms with Gasteiger partial charge in [0, 0.05) is 25.2 Å². The Balaban J connectivity index is 1.64. The molecule has 25 heavy (non-hydrogen) atoms. The highest BCUT2D eigenvalue weighted by molar-refractivity contribution is 5.26. The number of halogens is 4. The fraction of sp³-hybridized carbons (Fsp3) is 0.667. The van der Waals surface area contributed by atoms with Gasteiger partial charge in [0.15, 0.2) is 0 Å². The Hall–Kier alpha value is -1.18. The summed E-state index contributed by atoms with van der Waals surface area (Å²) in [5.41, 5.74) is -1.57. The SMILES string of the molecule is OC1(CN2CCCC2)CCCN(Cc2ccc(C(F)(F)F)cc2F)C1. The van der Waals surface area contributed by atoms with Gasteiger partial charge in [0.25, 0.3) is 0 Å². The fourth-order valence-electron chi connectivity index (χ4n) is 3.92. The van der Waals surface area contributed by atoms with Gasteiger partial charge in [-0.15, -0.1) is 0 Å². The van der Waals surface area contributed by atoms with Gasteiger partial charge in [-0.05, 0) is 57.5 Å². The maximum absolute atomic E-state index is 14.1. The van der Waals surface area contributed by atoms with E-state index >= 15 is 0 Å². The summed E-state index contributed by atoms with van der Waals surface area (Å²) in [6.45, 7) is 3.95. The molecule has 0 aromatic heterocycles. The largest absolute Gasteiger partial charge is 0.416 e. The van der Waals surface area contributed by atoms with Crippen molar-refractivity contribution in [3.05, 3.63) is 35.1 Å². The summed E-state index contributed by atoms with van der Waals surface area (Å²) in [5.74, 6) is -0.844. The van der Waals surface area contributed by atoms with E-state index in [0.29, 0.717) is 32.1 Å². The summed E-state index contributed by atoms with van der Waals surface area (Å²) in [7, 11) is 0. The van der Waals surface area contributed by atoms with Crippen LogP contribution in [0.15, 0.2) is 18.2 Å². The predicted octanol–water partition coefficient (Wildman–Crippen LogP) is 3.27. The second kappa shape index (κ2) is 7.21. The van der Waals surface area contributed by atoms with Gasteiger partial charge in [0.05, 0.1) is 11.2 Å². The molecule has 7 heteroatoms. The van der Waals surface area contributed by atoms with Gasteiger partial charge >= 0.3 is 6.18 Å². The van der Waals surface area contributed by atoms with Gasteiger partial charge < -0.3 is 10.0 Å². The van der Waals surface area contributed by atoms with Crippen molar-refractivity contribution in [2.75, 3.05) is 32.7 Å². The molecule has 0 radical (unpaired) electrons. The third kappa shape index (κ3) is 4.71. The first-order valence-corrected chi connectivity index (χ1v) is 8.78. The lowest BCUT2D eigenvalue weighted by molar-refractivity contribution is -0.137. The van der Waals surface area contributed by atoms with E-state index in [-0.39, 0.29) is 12.1 Å². The summed E-state index contributed by atoms with van der Waals surface area (Å²) in [6.07, 6.45) is -0.740. The normalized spacial score (nSPS) is 26.3. The Morgan fingerprint density at radius 3 is 2.36 bits per heavy atom. The molecule has 2 fully saturated rings. The number of benzene rings is 1. The molecule has 0 amide bonds. The smallest absolute Gasteiger partial charge is 0.387 e. The number of hydrogen-bond donors (Lipinski definition) is 1. The predicted molar refractivity (Wildman–Crippen MR) is 86.5 cm³/mol. The Morgan fingerprint density at radius 2 is 1.72 bits per heavy atom. The molecule has 2 saturated heterocycles. The Labute approximate surface area is 145 Å². The minimum atomic E-state index is -4.54. The minimum Gasteiger partial charge on any atom is -0.387 e. The minimum absolute atomic E-state index is 0.215. The molecule has 1 unspecified atom stereocenters. The number of alkyl halides is 3. The summed E-state index contributed by atoms with van der Waals surface area (Å²) < 4.78 is 52.0. The Bertz CT molecular complexity index is 601. The van der Waals surface area contributed by atoms with Crippen LogP contribution in [0.5, 0.6) is 0 Å². The number of aliphatic hydroxyl groups is 1. The van der Waals surface area contributed by atoms with Crippen molar-refractivity contribution in [3.8, 4) is 0 Å². The van der Waals surface area contributed by atoms with Crippen molar-refractivity contribution in [2.24, 2.45) is 0 Å². The quantitative estimate of drug-likeness (QED) is 0.835. The van der Waals surface area contributed by atoms with Crippen LogP contribution in [0.25, 0.3) is 0 Å². The third-order valence-corrected chi connectivity index (χ3v) is 5.13. The Morgan fingerprint density at radius 1 is 1.04 bits per heavy atom. The average molecular weight is 360 g/mol. The molecule has 2 heterocycles. The number of β-amino-alcohol motifs (C(OH)–C–C–N with tert-alkyl or cyclic N) is 1. The maximum atomic E-state index is 14.1. The van der Waals surface area contributed by atoms with E-state index in [1.54, 1.807) is 0 Å². The highest BCUT2D eigenvalue weighted by Gasteiger charge is 2.36. The van der Waals surface area contributed by atoms with E-state index < -0.39 is 23.2 Å². The molecular weight excluding hydrogens is 336 g/mol. The summed E-state index contributed by atoms with van der Waals surface area (Å²) in [6, 6.07) is 2.67. The Kier molecular flexibility index (Phi) is 5.37. The molecular formula is C18H24F4N2O. The molecule has 140 valence electrons. The van der Waals surface area contributed by atoms with Gasteiger partial charge in [0.1, 0.15) is 5.82 Å². The molecule has 1 aromatic rings. The number of nitrogens with zero attached hydrogens (tertiary/aromatic N) is 2. The van der Waals surface area contributed by atoms with Crippen LogP contribution in [0.1, 0.15) is 36.8 Å². The van der Waals surface area contributed by atoms with Crippen molar-refractivity contribution < 1.29 is 22.7 Å². The maximum Gasteiger partial charge on any atom is 0.416 e. The fourth-order valence-corrected chi connectivity index (χ4v) is 3.92. The molecule has 0 aliphatic carbocycles. The first-order chi connectivity index (χ1) is 11.8. The van der Waals surface area contributed by atoms with Gasteiger partial charge in [-0.3, -0.25) is 4.90 Å². The topological polar surface area (TPSA) is 26.7 Å². The van der Waals surface area contributed by atoms with Crippen molar-refractivity contribution in [2.45, 2.75) is 44.0 Å². The lowest BCUT2D eigenvalue weighted by Crippen LogP contribution is -2.53. The van der Waals surface area contributed by atoms with E-state index in [1.165, 1.54) is 6.07 Å². The highest BCUT2D eigenvalue weighted by atomic mass is 19.4. The van der Waals surface area contributed by atoms with Crippen LogP contribution in [0.3, 0.4) is 0 Å². The molecule has 0 spiro atoms. The lowest BCUT2D eigenvalue weighted by atomic mass is 9.92. The van der Waals surface area contributed by atoms with Crippen LogP contribution < -0.4 is 0 Å². The van der Waals surface area contributed by atoms with E-state index in [4.69, 9.17) is 0 Å². The number of hydrogen-bond acceptors (Lipinski definition) is 3. The van der Waals surface area contributed by atoms with Crippen molar-refractivity contribution in [3.63, 3.8) is 0 Å². The monoisotopic (exact) mass is 360 g/mol. The summed E-state index contributed by atoms with van der Waals surface area (Å²) in [5, 5.41) is 10.9. The van der Waals surface area contributed by atoms with E-state index in [1.807, 2.05) is 4.90 Å². The zero-order chi connectivity index (χ0) is 18.1. The first-order valence-electron chi connectivity index (χ1n) is 8.78. The van der Waals surface area contributed by atoms with Crippen LogP contribution in [0.4, 0.5) is 17.6 Å². The molecule has 1 N–H and O–H groups in total. The second-order valence-corrected chi connectivity index (χ2v) is 7.33. The number of likely N-dealkylation sites (tertiary alicyclic amines) is 2. The van der Waals surface area contributed by atoms with E-state index in [9.17, 15) is 22.7 Å². The van der Waals surface area contributed by atoms with Crippen LogP contribution >= 0.6 is 0 Å². The number of piperidine rings is 1. The standard InChI is InChI=1S/C18H24F4N2O/c19-16-10-15(18(20,21)22)5-4-14(16)11-24-9-3-6-17(25,13-24)12-23-7-1-2-8-23/h4-5,10,25H,1-3,6-9,11-13H2. The second-order valence-electron chi connectivity index (χ2n) is 7.33. The zero-order valence-corrected chi connectivity index (χ0v) is 14.2. The summed E-state index contributed by atoms with van der Waals surface area (Å²) >= 11 is 0. The zero-order valence-electron chi connectivity index (χ0n) is 14.2. The molecule has 3 nitrogen and oxygen atoms in total. The first kappa shape index (κ1) is 18.6. The average Bonchev–Trinajstić information content (AvgIpc) is 3.00. The van der Waals surface area contributed by atoms with Gasteiger partial charge in [-0.1, -0.05) is 6.07 Å². The van der Waals surface area contributed by atoms with Gasteiger partial charge in [-0.25, -0.2) is 4.39 Å². The molecule has 2 aliphatic rings. The number of rotatable bonds is 4.